The Morgan fingerprint density at radius 2 is 2.00 bits per heavy atom. The second kappa shape index (κ2) is 8.50. The van der Waals surface area contributed by atoms with Gasteiger partial charge < -0.3 is 5.32 Å². The van der Waals surface area contributed by atoms with E-state index in [4.69, 9.17) is 0 Å². The van der Waals surface area contributed by atoms with Crippen LogP contribution in [0.2, 0.25) is 0 Å². The molecule has 1 amide bonds. The van der Waals surface area contributed by atoms with E-state index in [2.05, 4.69) is 10.2 Å². The lowest BCUT2D eigenvalue weighted by Gasteiger charge is -2.32. The molecule has 1 aliphatic heterocycles. The molecule has 0 spiro atoms. The zero-order valence-corrected chi connectivity index (χ0v) is 15.2. The van der Waals surface area contributed by atoms with E-state index in [1.54, 1.807) is 17.8 Å². The zero-order chi connectivity index (χ0) is 17.6. The van der Waals surface area contributed by atoms with Gasteiger partial charge in [-0.3, -0.25) is 9.69 Å². The Morgan fingerprint density at radius 3 is 2.80 bits per heavy atom. The maximum Gasteiger partial charge on any atom is 0.228 e. The number of nitrogens with zero attached hydrogens (tertiary/aromatic N) is 1. The van der Waals surface area contributed by atoms with E-state index in [1.807, 2.05) is 42.7 Å². The number of carbonyl (C=O) groups is 1. The molecular weight excluding hydrogens is 335 g/mol. The summed E-state index contributed by atoms with van der Waals surface area (Å²) in [6.45, 7) is 2.12. The van der Waals surface area contributed by atoms with Gasteiger partial charge in [0.1, 0.15) is 5.82 Å². The van der Waals surface area contributed by atoms with Crippen LogP contribution in [0.15, 0.2) is 53.4 Å². The van der Waals surface area contributed by atoms with E-state index < -0.39 is 0 Å². The summed E-state index contributed by atoms with van der Waals surface area (Å²) in [5, 5.41) is 3.07. The van der Waals surface area contributed by atoms with Crippen molar-refractivity contribution in [3.05, 3.63) is 59.9 Å². The number of piperidine rings is 1. The van der Waals surface area contributed by atoms with Crippen LogP contribution in [0.5, 0.6) is 0 Å². The van der Waals surface area contributed by atoms with Crippen LogP contribution in [0.4, 0.5) is 10.1 Å². The fraction of sp³-hybridized carbons (Fsp3) is 0.350. The zero-order valence-electron chi connectivity index (χ0n) is 14.4. The highest BCUT2D eigenvalue weighted by Gasteiger charge is 2.26. The van der Waals surface area contributed by atoms with Gasteiger partial charge in [-0.1, -0.05) is 30.3 Å². The van der Waals surface area contributed by atoms with E-state index in [0.717, 1.165) is 30.0 Å². The van der Waals surface area contributed by atoms with E-state index in [1.165, 1.54) is 6.07 Å². The summed E-state index contributed by atoms with van der Waals surface area (Å²) in [7, 11) is 0. The molecule has 1 N–H and O–H groups in total. The quantitative estimate of drug-likeness (QED) is 0.804. The molecule has 132 valence electrons. The number of likely N-dealkylation sites (tertiary alicyclic amines) is 1. The summed E-state index contributed by atoms with van der Waals surface area (Å²) in [4.78, 5) is 15.9. The van der Waals surface area contributed by atoms with Crippen LogP contribution in [-0.2, 0) is 11.3 Å². The van der Waals surface area contributed by atoms with Gasteiger partial charge in [0, 0.05) is 23.5 Å². The topological polar surface area (TPSA) is 32.3 Å². The third kappa shape index (κ3) is 4.61. The van der Waals surface area contributed by atoms with Crippen molar-refractivity contribution < 1.29 is 9.18 Å². The molecule has 0 aromatic heterocycles. The lowest BCUT2D eigenvalue weighted by Crippen LogP contribution is -2.40. The van der Waals surface area contributed by atoms with Crippen molar-refractivity contribution in [1.29, 1.82) is 0 Å². The molecule has 3 nitrogen and oxygen atoms in total. The number of hydrogen-bond donors (Lipinski definition) is 1. The van der Waals surface area contributed by atoms with Crippen LogP contribution >= 0.6 is 11.8 Å². The summed E-state index contributed by atoms with van der Waals surface area (Å²) < 4.78 is 13.9. The number of anilines is 1. The second-order valence-electron chi connectivity index (χ2n) is 6.36. The average Bonchev–Trinajstić information content (AvgIpc) is 2.64. The van der Waals surface area contributed by atoms with Gasteiger partial charge in [-0.15, -0.1) is 11.8 Å². The first-order chi connectivity index (χ1) is 12.2. The van der Waals surface area contributed by atoms with Gasteiger partial charge in [-0.05, 0) is 43.8 Å². The number of para-hydroxylation sites is 1. The first-order valence-corrected chi connectivity index (χ1v) is 9.79. The van der Waals surface area contributed by atoms with E-state index in [0.29, 0.717) is 18.7 Å². The maximum atomic E-state index is 13.9. The number of rotatable bonds is 5. The molecule has 0 bridgehead atoms. The number of benzene rings is 2. The summed E-state index contributed by atoms with van der Waals surface area (Å²) >= 11 is 1.62. The molecule has 25 heavy (non-hydrogen) atoms. The molecule has 0 aliphatic carbocycles. The Balaban J connectivity index is 1.63. The van der Waals surface area contributed by atoms with Crippen molar-refractivity contribution in [2.24, 2.45) is 5.92 Å². The lowest BCUT2D eigenvalue weighted by atomic mass is 9.96. The minimum atomic E-state index is -0.178. The van der Waals surface area contributed by atoms with Gasteiger partial charge in [0.2, 0.25) is 5.91 Å². The van der Waals surface area contributed by atoms with E-state index >= 15 is 0 Å². The number of hydrogen-bond acceptors (Lipinski definition) is 3. The second-order valence-corrected chi connectivity index (χ2v) is 7.20. The van der Waals surface area contributed by atoms with Crippen molar-refractivity contribution in [2.75, 3.05) is 24.7 Å². The predicted octanol–water partition coefficient (Wildman–Crippen LogP) is 4.40. The highest BCUT2D eigenvalue weighted by atomic mass is 32.2. The van der Waals surface area contributed by atoms with Gasteiger partial charge in [0.05, 0.1) is 11.6 Å². The van der Waals surface area contributed by atoms with Gasteiger partial charge in [0.15, 0.2) is 0 Å². The standard InChI is InChI=1S/C20H23FN2OS/c1-25-19-11-5-4-10-18(19)22-20(24)16-8-6-12-23(14-16)13-15-7-2-3-9-17(15)21/h2-5,7,9-11,16H,6,8,12-14H2,1H3,(H,22,24). The van der Waals surface area contributed by atoms with Gasteiger partial charge in [0.25, 0.3) is 0 Å². The number of carbonyl (C=O) groups excluding carboxylic acids is 1. The largest absolute Gasteiger partial charge is 0.325 e. The molecule has 5 heteroatoms. The molecular formula is C20H23FN2OS. The highest BCUT2D eigenvalue weighted by Crippen LogP contribution is 2.26. The third-order valence-corrected chi connectivity index (χ3v) is 5.39. The molecule has 1 heterocycles. The van der Waals surface area contributed by atoms with E-state index in [9.17, 15) is 9.18 Å². The Morgan fingerprint density at radius 1 is 1.24 bits per heavy atom. The van der Waals surface area contributed by atoms with Crippen LogP contribution in [0, 0.1) is 11.7 Å². The van der Waals surface area contributed by atoms with Crippen LogP contribution < -0.4 is 5.32 Å². The highest BCUT2D eigenvalue weighted by molar-refractivity contribution is 7.98. The summed E-state index contributed by atoms with van der Waals surface area (Å²) in [6.07, 6.45) is 3.83. The van der Waals surface area contributed by atoms with Gasteiger partial charge >= 0.3 is 0 Å². The van der Waals surface area contributed by atoms with Crippen LogP contribution in [-0.4, -0.2) is 30.2 Å². The minimum absolute atomic E-state index is 0.0553. The maximum absolute atomic E-state index is 13.9. The molecule has 1 aliphatic rings. The van der Waals surface area contributed by atoms with E-state index in [-0.39, 0.29) is 17.6 Å². The smallest absolute Gasteiger partial charge is 0.228 e. The molecule has 1 atom stereocenters. The monoisotopic (exact) mass is 358 g/mol. The Hall–Kier alpha value is -1.85. The van der Waals surface area contributed by atoms with Crippen LogP contribution in [0.1, 0.15) is 18.4 Å². The summed E-state index contributed by atoms with van der Waals surface area (Å²) in [5.74, 6) is -0.182. The first-order valence-electron chi connectivity index (χ1n) is 8.57. The molecule has 0 saturated carbocycles. The number of amides is 1. The normalized spacial score (nSPS) is 18.1. The molecule has 2 aromatic rings. The SMILES string of the molecule is CSc1ccccc1NC(=O)C1CCCN(Cc2ccccc2F)C1. The van der Waals surface area contributed by atoms with Crippen molar-refractivity contribution >= 4 is 23.4 Å². The van der Waals surface area contributed by atoms with Crippen molar-refractivity contribution in [1.82, 2.24) is 4.90 Å². The first kappa shape index (κ1) is 18.0. The molecule has 0 radical (unpaired) electrons. The molecule has 1 saturated heterocycles. The summed E-state index contributed by atoms with van der Waals surface area (Å²) in [5.41, 5.74) is 1.56. The Bertz CT molecular complexity index is 737. The summed E-state index contributed by atoms with van der Waals surface area (Å²) in [6, 6.07) is 14.7. The van der Waals surface area contributed by atoms with Crippen molar-refractivity contribution in [3.8, 4) is 0 Å². The van der Waals surface area contributed by atoms with Crippen LogP contribution in [0.25, 0.3) is 0 Å². The Labute approximate surface area is 152 Å². The van der Waals surface area contributed by atoms with Crippen LogP contribution in [0.3, 0.4) is 0 Å². The molecule has 2 aromatic carbocycles. The number of nitrogens with one attached hydrogen (secondary N) is 1. The Kier molecular flexibility index (Phi) is 6.10. The van der Waals surface area contributed by atoms with Gasteiger partial charge in [-0.2, -0.15) is 0 Å². The number of halogens is 1. The molecule has 1 fully saturated rings. The van der Waals surface area contributed by atoms with Gasteiger partial charge in [-0.25, -0.2) is 4.39 Å². The number of thioether (sulfide) groups is 1. The van der Waals surface area contributed by atoms with Crippen molar-refractivity contribution in [3.63, 3.8) is 0 Å². The fourth-order valence-electron chi connectivity index (χ4n) is 3.26. The predicted molar refractivity (Wildman–Crippen MR) is 101 cm³/mol. The van der Waals surface area contributed by atoms with Crippen molar-refractivity contribution in [2.45, 2.75) is 24.3 Å². The minimum Gasteiger partial charge on any atom is -0.325 e. The molecule has 3 rings (SSSR count). The fourth-order valence-corrected chi connectivity index (χ4v) is 3.82. The molecule has 1 unspecified atom stereocenters. The lowest BCUT2D eigenvalue weighted by molar-refractivity contribution is -0.121. The third-order valence-electron chi connectivity index (χ3n) is 4.59. The average molecular weight is 358 g/mol.